The first-order valence-corrected chi connectivity index (χ1v) is 7.66. The van der Waals surface area contributed by atoms with Crippen molar-refractivity contribution in [3.63, 3.8) is 0 Å². The van der Waals surface area contributed by atoms with Crippen LogP contribution in [0.25, 0.3) is 0 Å². The van der Waals surface area contributed by atoms with Gasteiger partial charge in [-0.05, 0) is 18.6 Å². The highest BCUT2D eigenvalue weighted by Crippen LogP contribution is 2.21. The van der Waals surface area contributed by atoms with E-state index in [0.29, 0.717) is 6.54 Å². The van der Waals surface area contributed by atoms with Crippen LogP contribution in [0, 0.1) is 11.6 Å². The summed E-state index contributed by atoms with van der Waals surface area (Å²) < 4.78 is 27.5. The summed E-state index contributed by atoms with van der Waals surface area (Å²) in [5.74, 6) is -0.0875. The van der Waals surface area contributed by atoms with Crippen molar-refractivity contribution in [3.8, 4) is 0 Å². The predicted octanol–water partition coefficient (Wildman–Crippen LogP) is 3.27. The van der Waals surface area contributed by atoms with Crippen molar-refractivity contribution in [2.75, 3.05) is 6.54 Å². The maximum atomic E-state index is 13.7. The van der Waals surface area contributed by atoms with E-state index in [0.717, 1.165) is 42.9 Å². The standard InChI is InChI=1S/C17H19F2N3/c1-2-4-17-20-9-12-10-22(8-7-16(12)21-17)11-13-14(18)5-3-6-15(13)19/h3,5-6,9H,2,4,7-8,10-11H2,1H3. The van der Waals surface area contributed by atoms with Crippen molar-refractivity contribution >= 4 is 0 Å². The molecule has 2 aromatic rings. The lowest BCUT2D eigenvalue weighted by Crippen LogP contribution is -2.31. The minimum atomic E-state index is -0.486. The second-order valence-electron chi connectivity index (χ2n) is 5.67. The van der Waals surface area contributed by atoms with E-state index in [9.17, 15) is 8.78 Å². The normalized spacial score (nSPS) is 14.9. The molecule has 116 valence electrons. The molecule has 0 N–H and O–H groups in total. The first-order valence-electron chi connectivity index (χ1n) is 7.66. The fourth-order valence-electron chi connectivity index (χ4n) is 2.80. The Morgan fingerprint density at radius 2 is 2.00 bits per heavy atom. The molecule has 1 aliphatic rings. The van der Waals surface area contributed by atoms with Gasteiger partial charge in [-0.2, -0.15) is 0 Å². The molecule has 0 saturated carbocycles. The Morgan fingerprint density at radius 1 is 1.23 bits per heavy atom. The molecule has 0 amide bonds. The van der Waals surface area contributed by atoms with Gasteiger partial charge < -0.3 is 0 Å². The van der Waals surface area contributed by atoms with Gasteiger partial charge in [0.05, 0.1) is 0 Å². The van der Waals surface area contributed by atoms with E-state index in [1.165, 1.54) is 18.2 Å². The Bertz CT molecular complexity index is 653. The quantitative estimate of drug-likeness (QED) is 0.868. The summed E-state index contributed by atoms with van der Waals surface area (Å²) in [4.78, 5) is 11.0. The number of nitrogens with zero attached hydrogens (tertiary/aromatic N) is 3. The lowest BCUT2D eigenvalue weighted by molar-refractivity contribution is 0.235. The minimum absolute atomic E-state index is 0.134. The molecule has 0 aliphatic carbocycles. The molecule has 1 aromatic heterocycles. The van der Waals surface area contributed by atoms with Gasteiger partial charge in [-0.15, -0.1) is 0 Å². The Labute approximate surface area is 129 Å². The minimum Gasteiger partial charge on any atom is -0.294 e. The molecular weight excluding hydrogens is 284 g/mol. The molecule has 5 heteroatoms. The van der Waals surface area contributed by atoms with Gasteiger partial charge in [0.1, 0.15) is 17.5 Å². The number of hydrogen-bond acceptors (Lipinski definition) is 3. The van der Waals surface area contributed by atoms with Gasteiger partial charge >= 0.3 is 0 Å². The molecule has 2 heterocycles. The summed E-state index contributed by atoms with van der Waals surface area (Å²) in [6.07, 6.45) is 4.57. The first-order chi connectivity index (χ1) is 10.7. The van der Waals surface area contributed by atoms with Gasteiger partial charge in [-0.3, -0.25) is 4.90 Å². The van der Waals surface area contributed by atoms with Crippen LogP contribution in [0.15, 0.2) is 24.4 Å². The monoisotopic (exact) mass is 303 g/mol. The summed E-state index contributed by atoms with van der Waals surface area (Å²) in [6.45, 7) is 3.76. The van der Waals surface area contributed by atoms with E-state index in [1.807, 2.05) is 11.1 Å². The zero-order valence-electron chi connectivity index (χ0n) is 12.6. The molecule has 0 saturated heterocycles. The topological polar surface area (TPSA) is 29.0 Å². The van der Waals surface area contributed by atoms with Gasteiger partial charge in [0.15, 0.2) is 0 Å². The van der Waals surface area contributed by atoms with Crippen LogP contribution in [0.3, 0.4) is 0 Å². The third-order valence-corrected chi connectivity index (χ3v) is 3.98. The molecule has 3 rings (SSSR count). The molecule has 0 unspecified atom stereocenters. The van der Waals surface area contributed by atoms with Gasteiger partial charge in [-0.1, -0.05) is 13.0 Å². The van der Waals surface area contributed by atoms with E-state index in [2.05, 4.69) is 16.9 Å². The van der Waals surface area contributed by atoms with Crippen LogP contribution in [-0.4, -0.2) is 21.4 Å². The SMILES string of the molecule is CCCc1ncc2c(n1)CCN(Cc1c(F)cccc1F)C2. The maximum Gasteiger partial charge on any atom is 0.130 e. The summed E-state index contributed by atoms with van der Waals surface area (Å²) in [5, 5.41) is 0. The Balaban J connectivity index is 1.74. The Kier molecular flexibility index (Phi) is 4.43. The predicted molar refractivity (Wildman–Crippen MR) is 80.2 cm³/mol. The number of rotatable bonds is 4. The maximum absolute atomic E-state index is 13.7. The van der Waals surface area contributed by atoms with Gasteiger partial charge in [0, 0.05) is 55.5 Å². The Hall–Kier alpha value is -1.88. The number of fused-ring (bicyclic) bond motifs is 1. The van der Waals surface area contributed by atoms with Gasteiger partial charge in [0.2, 0.25) is 0 Å². The molecule has 1 aromatic carbocycles. The molecule has 22 heavy (non-hydrogen) atoms. The number of halogens is 2. The van der Waals surface area contributed by atoms with Crippen LogP contribution in [0.5, 0.6) is 0 Å². The zero-order chi connectivity index (χ0) is 15.5. The molecule has 0 bridgehead atoms. The molecule has 0 atom stereocenters. The molecule has 3 nitrogen and oxygen atoms in total. The molecule has 0 fully saturated rings. The van der Waals surface area contributed by atoms with E-state index in [1.54, 1.807) is 0 Å². The van der Waals surface area contributed by atoms with Crippen molar-refractivity contribution in [3.05, 3.63) is 58.7 Å². The van der Waals surface area contributed by atoms with Crippen LogP contribution < -0.4 is 0 Å². The van der Waals surface area contributed by atoms with Gasteiger partial charge in [-0.25, -0.2) is 18.7 Å². The lowest BCUT2D eigenvalue weighted by atomic mass is 10.1. The fourth-order valence-corrected chi connectivity index (χ4v) is 2.80. The lowest BCUT2D eigenvalue weighted by Gasteiger charge is -2.28. The summed E-state index contributed by atoms with van der Waals surface area (Å²) in [7, 11) is 0. The molecule has 0 spiro atoms. The van der Waals surface area contributed by atoms with Crippen molar-refractivity contribution < 1.29 is 8.78 Å². The van der Waals surface area contributed by atoms with Crippen LogP contribution in [0.1, 0.15) is 36.0 Å². The highest BCUT2D eigenvalue weighted by molar-refractivity contribution is 5.23. The van der Waals surface area contributed by atoms with Crippen molar-refractivity contribution in [2.24, 2.45) is 0 Å². The van der Waals surface area contributed by atoms with E-state index in [4.69, 9.17) is 0 Å². The summed E-state index contributed by atoms with van der Waals surface area (Å²) >= 11 is 0. The largest absolute Gasteiger partial charge is 0.294 e. The zero-order valence-corrected chi connectivity index (χ0v) is 12.6. The van der Waals surface area contributed by atoms with Crippen LogP contribution in [0.2, 0.25) is 0 Å². The Morgan fingerprint density at radius 3 is 2.73 bits per heavy atom. The van der Waals surface area contributed by atoms with E-state index in [-0.39, 0.29) is 12.1 Å². The second kappa shape index (κ2) is 6.48. The molecule has 0 radical (unpaired) electrons. The smallest absolute Gasteiger partial charge is 0.130 e. The number of hydrogen-bond donors (Lipinski definition) is 0. The second-order valence-corrected chi connectivity index (χ2v) is 5.67. The van der Waals surface area contributed by atoms with Crippen LogP contribution >= 0.6 is 0 Å². The number of aromatic nitrogens is 2. The van der Waals surface area contributed by atoms with Crippen molar-refractivity contribution in [2.45, 2.75) is 39.3 Å². The highest BCUT2D eigenvalue weighted by atomic mass is 19.1. The number of aryl methyl sites for hydroxylation is 1. The average Bonchev–Trinajstić information content (AvgIpc) is 2.51. The highest BCUT2D eigenvalue weighted by Gasteiger charge is 2.20. The third kappa shape index (κ3) is 3.14. The summed E-state index contributed by atoms with van der Waals surface area (Å²) in [6, 6.07) is 4.00. The van der Waals surface area contributed by atoms with E-state index < -0.39 is 11.6 Å². The van der Waals surface area contributed by atoms with Crippen molar-refractivity contribution in [1.82, 2.24) is 14.9 Å². The first kappa shape index (κ1) is 15.0. The van der Waals surface area contributed by atoms with Crippen molar-refractivity contribution in [1.29, 1.82) is 0 Å². The average molecular weight is 303 g/mol. The van der Waals surface area contributed by atoms with Crippen LogP contribution in [0.4, 0.5) is 8.78 Å². The van der Waals surface area contributed by atoms with Gasteiger partial charge in [0.25, 0.3) is 0 Å². The van der Waals surface area contributed by atoms with Crippen LogP contribution in [-0.2, 0) is 25.9 Å². The van der Waals surface area contributed by atoms with E-state index >= 15 is 0 Å². The molecule has 1 aliphatic heterocycles. The third-order valence-electron chi connectivity index (χ3n) is 3.98. The molecular formula is C17H19F2N3. The fraction of sp³-hybridized carbons (Fsp3) is 0.412. The summed E-state index contributed by atoms with van der Waals surface area (Å²) in [5.41, 5.74) is 2.26. The number of benzene rings is 1.